The van der Waals surface area contributed by atoms with Gasteiger partial charge >= 0.3 is 5.97 Å². The number of carbonyl (C=O) groups excluding carboxylic acids is 1. The highest BCUT2D eigenvalue weighted by atomic mass is 32.2. The number of esters is 1. The molecule has 2 rings (SSSR count). The molecule has 1 heterocycles. The molecule has 0 amide bonds. The van der Waals surface area contributed by atoms with Gasteiger partial charge in [-0.2, -0.15) is 5.26 Å². The summed E-state index contributed by atoms with van der Waals surface area (Å²) < 4.78 is 10.6. The van der Waals surface area contributed by atoms with Crippen molar-refractivity contribution in [2.75, 3.05) is 13.2 Å². The lowest BCUT2D eigenvalue weighted by molar-refractivity contribution is 0.0524. The summed E-state index contributed by atoms with van der Waals surface area (Å²) in [5.74, 6) is 0.994. The van der Waals surface area contributed by atoms with E-state index in [1.165, 1.54) is 11.8 Å². The van der Waals surface area contributed by atoms with Crippen LogP contribution in [-0.4, -0.2) is 24.2 Å². The molecule has 0 spiro atoms. The monoisotopic (exact) mass is 356 g/mol. The smallest absolute Gasteiger partial charge is 0.340 e. The van der Waals surface area contributed by atoms with E-state index in [-0.39, 0.29) is 6.61 Å². The summed E-state index contributed by atoms with van der Waals surface area (Å²) in [6.07, 6.45) is 0. The minimum absolute atomic E-state index is 0.283. The molecule has 5 nitrogen and oxygen atoms in total. The van der Waals surface area contributed by atoms with Crippen molar-refractivity contribution in [3.63, 3.8) is 0 Å². The Morgan fingerprint density at radius 2 is 2.04 bits per heavy atom. The van der Waals surface area contributed by atoms with E-state index in [0.29, 0.717) is 34.2 Å². The number of nitriles is 1. The van der Waals surface area contributed by atoms with Crippen LogP contribution >= 0.6 is 11.8 Å². The van der Waals surface area contributed by atoms with Crippen LogP contribution in [0.3, 0.4) is 0 Å². The summed E-state index contributed by atoms with van der Waals surface area (Å²) >= 11 is 1.45. The van der Waals surface area contributed by atoms with Crippen molar-refractivity contribution < 1.29 is 14.3 Å². The molecular weight excluding hydrogens is 336 g/mol. The van der Waals surface area contributed by atoms with Crippen LogP contribution in [0.4, 0.5) is 0 Å². The Bertz CT molecular complexity index is 800. The third kappa shape index (κ3) is 4.74. The summed E-state index contributed by atoms with van der Waals surface area (Å²) in [6.45, 7) is 6.30. The molecule has 0 aliphatic carbocycles. The van der Waals surface area contributed by atoms with Crippen LogP contribution in [0, 0.1) is 18.3 Å². The van der Waals surface area contributed by atoms with Gasteiger partial charge in [0.2, 0.25) is 0 Å². The van der Waals surface area contributed by atoms with Gasteiger partial charge in [0.25, 0.3) is 0 Å². The average Bonchev–Trinajstić information content (AvgIpc) is 2.61. The summed E-state index contributed by atoms with van der Waals surface area (Å²) in [4.78, 5) is 16.4. The van der Waals surface area contributed by atoms with Crippen molar-refractivity contribution in [2.45, 2.75) is 31.6 Å². The van der Waals surface area contributed by atoms with Crippen molar-refractivity contribution in [1.29, 1.82) is 5.26 Å². The fraction of sp³-hybridized carbons (Fsp3) is 0.316. The number of thioether (sulfide) groups is 1. The van der Waals surface area contributed by atoms with Gasteiger partial charge in [-0.25, -0.2) is 9.78 Å². The first-order valence-corrected chi connectivity index (χ1v) is 9.01. The van der Waals surface area contributed by atoms with Crippen molar-refractivity contribution in [3.05, 3.63) is 52.7 Å². The largest absolute Gasteiger partial charge is 0.494 e. The predicted molar refractivity (Wildman–Crippen MR) is 96.8 cm³/mol. The van der Waals surface area contributed by atoms with Gasteiger partial charge in [-0.05, 0) is 32.9 Å². The number of aromatic nitrogens is 1. The van der Waals surface area contributed by atoms with Crippen molar-refractivity contribution >= 4 is 17.7 Å². The summed E-state index contributed by atoms with van der Waals surface area (Å²) in [6, 6.07) is 11.5. The highest BCUT2D eigenvalue weighted by Gasteiger charge is 2.16. The second-order valence-corrected chi connectivity index (χ2v) is 6.10. The molecule has 130 valence electrons. The van der Waals surface area contributed by atoms with Gasteiger partial charge in [0.05, 0.1) is 30.0 Å². The van der Waals surface area contributed by atoms with E-state index >= 15 is 0 Å². The highest BCUT2D eigenvalue weighted by molar-refractivity contribution is 7.98. The quantitative estimate of drug-likeness (QED) is 0.549. The SMILES string of the molecule is CCOC(=O)c1cc(C#N)c(SCc2ccccc2OCC)nc1C. The van der Waals surface area contributed by atoms with Crippen LogP contribution in [0.5, 0.6) is 5.75 Å². The fourth-order valence-electron chi connectivity index (χ4n) is 2.25. The molecule has 0 unspecified atom stereocenters. The molecule has 0 radical (unpaired) electrons. The van der Waals surface area contributed by atoms with Crippen molar-refractivity contribution in [2.24, 2.45) is 0 Å². The molecule has 0 aliphatic rings. The molecule has 0 fully saturated rings. The first-order valence-electron chi connectivity index (χ1n) is 8.03. The third-order valence-corrected chi connectivity index (χ3v) is 4.47. The van der Waals surface area contributed by atoms with E-state index < -0.39 is 5.97 Å². The van der Waals surface area contributed by atoms with E-state index in [2.05, 4.69) is 11.1 Å². The number of benzene rings is 1. The van der Waals surface area contributed by atoms with Crippen LogP contribution in [0.1, 0.15) is 41.0 Å². The maximum absolute atomic E-state index is 11.9. The maximum Gasteiger partial charge on any atom is 0.340 e. The Kier molecular flexibility index (Phi) is 6.84. The molecule has 6 heteroatoms. The van der Waals surface area contributed by atoms with Gasteiger partial charge in [0.1, 0.15) is 16.8 Å². The van der Waals surface area contributed by atoms with Crippen molar-refractivity contribution in [3.8, 4) is 11.8 Å². The lowest BCUT2D eigenvalue weighted by Gasteiger charge is -2.11. The molecule has 0 saturated carbocycles. The van der Waals surface area contributed by atoms with E-state index in [1.807, 2.05) is 31.2 Å². The summed E-state index contributed by atoms with van der Waals surface area (Å²) in [5.41, 5.74) is 2.29. The Labute approximate surface area is 152 Å². The summed E-state index contributed by atoms with van der Waals surface area (Å²) in [7, 11) is 0. The molecule has 0 atom stereocenters. The Morgan fingerprint density at radius 1 is 1.28 bits per heavy atom. The zero-order valence-electron chi connectivity index (χ0n) is 14.5. The Morgan fingerprint density at radius 3 is 2.72 bits per heavy atom. The van der Waals surface area contributed by atoms with Crippen molar-refractivity contribution in [1.82, 2.24) is 4.98 Å². The molecule has 0 bridgehead atoms. The number of hydrogen-bond acceptors (Lipinski definition) is 6. The molecule has 25 heavy (non-hydrogen) atoms. The highest BCUT2D eigenvalue weighted by Crippen LogP contribution is 2.30. The Balaban J connectivity index is 2.24. The van der Waals surface area contributed by atoms with Crippen LogP contribution in [0.15, 0.2) is 35.4 Å². The maximum atomic E-state index is 11.9. The fourth-order valence-corrected chi connectivity index (χ4v) is 3.25. The number of ether oxygens (including phenoxy) is 2. The number of aryl methyl sites for hydroxylation is 1. The number of para-hydroxylation sites is 1. The number of hydrogen-bond donors (Lipinski definition) is 0. The van der Waals surface area contributed by atoms with Crippen LogP contribution in [0.2, 0.25) is 0 Å². The van der Waals surface area contributed by atoms with E-state index in [0.717, 1.165) is 11.3 Å². The Hall–Kier alpha value is -2.52. The minimum atomic E-state index is -0.456. The van der Waals surface area contributed by atoms with E-state index in [1.54, 1.807) is 19.9 Å². The van der Waals surface area contributed by atoms with Gasteiger partial charge < -0.3 is 9.47 Å². The number of rotatable bonds is 7. The lowest BCUT2D eigenvalue weighted by Crippen LogP contribution is -2.09. The molecule has 0 saturated heterocycles. The summed E-state index contributed by atoms with van der Waals surface area (Å²) in [5, 5.41) is 10.00. The lowest BCUT2D eigenvalue weighted by atomic mass is 10.1. The van der Waals surface area contributed by atoms with E-state index in [4.69, 9.17) is 9.47 Å². The molecule has 1 aromatic carbocycles. The zero-order valence-corrected chi connectivity index (χ0v) is 15.4. The molecule has 0 N–H and O–H groups in total. The van der Waals surface area contributed by atoms with E-state index in [9.17, 15) is 10.1 Å². The molecule has 2 aromatic rings. The topological polar surface area (TPSA) is 72.2 Å². The predicted octanol–water partition coefficient (Wildman–Crippen LogP) is 4.13. The van der Waals surface area contributed by atoms with Crippen LogP contribution < -0.4 is 4.74 Å². The third-order valence-electron chi connectivity index (χ3n) is 3.43. The van der Waals surface area contributed by atoms with Gasteiger partial charge in [-0.3, -0.25) is 0 Å². The molecule has 1 aromatic heterocycles. The number of nitrogens with zero attached hydrogens (tertiary/aromatic N) is 2. The first kappa shape index (κ1) is 18.8. The molecular formula is C19H20N2O3S. The van der Waals surface area contributed by atoms with Gasteiger partial charge in [0, 0.05) is 11.3 Å². The normalized spacial score (nSPS) is 10.2. The first-order chi connectivity index (χ1) is 12.1. The average molecular weight is 356 g/mol. The zero-order chi connectivity index (χ0) is 18.2. The second-order valence-electron chi connectivity index (χ2n) is 5.14. The number of pyridine rings is 1. The minimum Gasteiger partial charge on any atom is -0.494 e. The van der Waals surface area contributed by atoms with Gasteiger partial charge in [0.15, 0.2) is 0 Å². The molecule has 0 aliphatic heterocycles. The van der Waals surface area contributed by atoms with Crippen LogP contribution in [-0.2, 0) is 10.5 Å². The van der Waals surface area contributed by atoms with Gasteiger partial charge in [-0.15, -0.1) is 11.8 Å². The standard InChI is InChI=1S/C19H20N2O3S/c1-4-23-17-9-7-6-8-14(17)12-25-18-15(11-20)10-16(13(3)21-18)19(22)24-5-2/h6-10H,4-5,12H2,1-3H3. The van der Waals surface area contributed by atoms with Gasteiger partial charge in [-0.1, -0.05) is 18.2 Å². The number of carbonyl (C=O) groups is 1. The van der Waals surface area contributed by atoms with Crippen LogP contribution in [0.25, 0.3) is 0 Å². The second kappa shape index (κ2) is 9.09.